The van der Waals surface area contributed by atoms with E-state index in [-0.39, 0.29) is 11.6 Å². The quantitative estimate of drug-likeness (QED) is 0.445. The van der Waals surface area contributed by atoms with Gasteiger partial charge in [0.15, 0.2) is 17.2 Å². The van der Waals surface area contributed by atoms with Crippen molar-refractivity contribution in [1.82, 2.24) is 0 Å². The molecule has 0 N–H and O–H groups in total. The first kappa shape index (κ1) is 18.4. The molecule has 0 spiro atoms. The fourth-order valence-electron chi connectivity index (χ4n) is 3.85. The third kappa shape index (κ3) is 3.13. The molecule has 0 bridgehead atoms. The molecule has 0 amide bonds. The second-order valence-electron chi connectivity index (χ2n) is 7.40. The first-order valence-corrected chi connectivity index (χ1v) is 10.3. The molecule has 0 saturated heterocycles. The van der Waals surface area contributed by atoms with Crippen molar-refractivity contribution in [2.45, 2.75) is 0 Å². The molecule has 0 saturated carbocycles. The zero-order chi connectivity index (χ0) is 21.5. The van der Waals surface area contributed by atoms with Crippen LogP contribution in [0.15, 0.2) is 89.6 Å². The Labute approximate surface area is 184 Å². The lowest BCUT2D eigenvalue weighted by molar-refractivity contribution is -0.129. The second kappa shape index (κ2) is 7.42. The number of rotatable bonds is 2. The Morgan fingerprint density at radius 1 is 0.719 bits per heavy atom. The molecule has 6 heteroatoms. The maximum Gasteiger partial charge on any atom is 0.364 e. The van der Waals surface area contributed by atoms with E-state index in [1.807, 2.05) is 78.9 Å². The molecule has 3 aromatic rings. The number of hydrogen-bond acceptors (Lipinski definition) is 6. The van der Waals surface area contributed by atoms with Crippen molar-refractivity contribution in [3.63, 3.8) is 0 Å². The van der Waals surface area contributed by atoms with Crippen LogP contribution in [0.4, 0.5) is 0 Å². The average Bonchev–Trinajstić information content (AvgIpc) is 3.25. The lowest BCUT2D eigenvalue weighted by Crippen LogP contribution is -2.15. The zero-order valence-corrected chi connectivity index (χ0v) is 16.9. The number of aliphatic imine (C=N–C) groups is 1. The molecule has 3 aliphatic heterocycles. The molecule has 156 valence electrons. The minimum Gasteiger partial charge on any atom is -0.486 e. The van der Waals surface area contributed by atoms with Gasteiger partial charge >= 0.3 is 5.97 Å². The fraction of sp³-hybridized carbons (Fsp3) is 0.0769. The Kier molecular flexibility index (Phi) is 4.28. The molecule has 0 aliphatic carbocycles. The van der Waals surface area contributed by atoms with Crippen LogP contribution >= 0.6 is 0 Å². The van der Waals surface area contributed by atoms with Gasteiger partial charge in [0.25, 0.3) is 0 Å². The van der Waals surface area contributed by atoms with Crippen LogP contribution in [0.3, 0.4) is 0 Å². The topological polar surface area (TPSA) is 66.4 Å². The van der Waals surface area contributed by atoms with Gasteiger partial charge in [0.2, 0.25) is 5.90 Å². The van der Waals surface area contributed by atoms with Gasteiger partial charge in [-0.25, -0.2) is 9.79 Å². The molecule has 6 rings (SSSR count). The largest absolute Gasteiger partial charge is 0.486 e. The van der Waals surface area contributed by atoms with Crippen molar-refractivity contribution in [3.8, 4) is 17.2 Å². The molecule has 0 unspecified atom stereocenters. The smallest absolute Gasteiger partial charge is 0.364 e. The molecular weight excluding hydrogens is 406 g/mol. The van der Waals surface area contributed by atoms with Crippen LogP contribution in [-0.4, -0.2) is 25.1 Å². The van der Waals surface area contributed by atoms with E-state index in [4.69, 9.17) is 18.9 Å². The Bertz CT molecular complexity index is 1340. The minimum atomic E-state index is -0.492. The number of carbonyl (C=O) groups is 1. The monoisotopic (exact) mass is 423 g/mol. The summed E-state index contributed by atoms with van der Waals surface area (Å²) in [7, 11) is 0. The number of hydrogen-bond donors (Lipinski definition) is 0. The van der Waals surface area contributed by atoms with E-state index >= 15 is 0 Å². The third-order valence-electron chi connectivity index (χ3n) is 5.37. The number of nitrogens with zero attached hydrogens (tertiary/aromatic N) is 1. The van der Waals surface area contributed by atoms with E-state index in [1.165, 1.54) is 0 Å². The van der Waals surface area contributed by atoms with Gasteiger partial charge in [-0.15, -0.1) is 0 Å². The molecule has 3 aliphatic rings. The molecule has 0 aromatic heterocycles. The predicted molar refractivity (Wildman–Crippen MR) is 118 cm³/mol. The molecule has 3 heterocycles. The van der Waals surface area contributed by atoms with E-state index in [9.17, 15) is 4.79 Å². The highest BCUT2D eigenvalue weighted by Crippen LogP contribution is 2.41. The number of ether oxygens (including phenoxy) is 4. The van der Waals surface area contributed by atoms with Gasteiger partial charge < -0.3 is 18.9 Å². The van der Waals surface area contributed by atoms with Crippen molar-refractivity contribution < 1.29 is 23.7 Å². The maximum absolute atomic E-state index is 12.8. The summed E-state index contributed by atoms with van der Waals surface area (Å²) in [5.74, 6) is 2.38. The Hall–Kier alpha value is -4.32. The average molecular weight is 423 g/mol. The van der Waals surface area contributed by atoms with Crippen LogP contribution in [0.5, 0.6) is 17.2 Å². The maximum atomic E-state index is 12.8. The van der Waals surface area contributed by atoms with Crippen LogP contribution in [0.1, 0.15) is 16.7 Å². The van der Waals surface area contributed by atoms with Gasteiger partial charge in [-0.05, 0) is 42.5 Å². The minimum absolute atomic E-state index is 0.245. The summed E-state index contributed by atoms with van der Waals surface area (Å²) >= 11 is 0. The molecule has 3 aromatic carbocycles. The van der Waals surface area contributed by atoms with Crippen molar-refractivity contribution in [3.05, 3.63) is 101 Å². The highest BCUT2D eigenvalue weighted by atomic mass is 16.6. The van der Waals surface area contributed by atoms with Crippen LogP contribution < -0.4 is 14.2 Å². The van der Waals surface area contributed by atoms with Gasteiger partial charge in [0, 0.05) is 22.3 Å². The van der Waals surface area contributed by atoms with Crippen LogP contribution in [0.2, 0.25) is 0 Å². The van der Waals surface area contributed by atoms with E-state index in [1.54, 1.807) is 0 Å². The third-order valence-corrected chi connectivity index (χ3v) is 5.37. The Morgan fingerprint density at radius 3 is 2.38 bits per heavy atom. The van der Waals surface area contributed by atoms with Gasteiger partial charge in [0.05, 0.1) is 0 Å². The summed E-state index contributed by atoms with van der Waals surface area (Å²) in [6.07, 6.45) is 1.82. The zero-order valence-electron chi connectivity index (χ0n) is 16.9. The highest BCUT2D eigenvalue weighted by molar-refractivity contribution is 6.15. The van der Waals surface area contributed by atoms with E-state index < -0.39 is 5.97 Å². The van der Waals surface area contributed by atoms with Gasteiger partial charge in [-0.1, -0.05) is 36.4 Å². The molecular formula is C26H17NO5. The summed E-state index contributed by atoms with van der Waals surface area (Å²) in [4.78, 5) is 17.3. The van der Waals surface area contributed by atoms with Crippen LogP contribution in [0.25, 0.3) is 11.3 Å². The van der Waals surface area contributed by atoms with Gasteiger partial charge in [-0.2, -0.15) is 0 Å². The normalized spacial score (nSPS) is 18.8. The van der Waals surface area contributed by atoms with E-state index in [0.29, 0.717) is 41.8 Å². The summed E-state index contributed by atoms with van der Waals surface area (Å²) in [6.45, 7) is 1.02. The van der Waals surface area contributed by atoms with Crippen molar-refractivity contribution in [2.24, 2.45) is 4.99 Å². The van der Waals surface area contributed by atoms with Crippen LogP contribution in [-0.2, 0) is 9.53 Å². The molecule has 0 atom stereocenters. The van der Waals surface area contributed by atoms with E-state index in [0.717, 1.165) is 16.7 Å². The number of esters is 1. The second-order valence-corrected chi connectivity index (χ2v) is 7.40. The standard InChI is InChI=1S/C26H17NO5/c28-26-24(27-25(32-26)16-6-2-1-3-7-16)19-15-22(31-20-9-5-4-8-18(19)20)17-10-11-21-23(14-17)30-13-12-29-21/h1-11,14-15H,12-13H2/b24-19-. The van der Waals surface area contributed by atoms with Gasteiger partial charge in [-0.3, -0.25) is 0 Å². The summed E-state index contributed by atoms with van der Waals surface area (Å²) < 4.78 is 23.0. The number of fused-ring (bicyclic) bond motifs is 2. The molecule has 0 radical (unpaired) electrons. The first-order chi connectivity index (χ1) is 15.8. The van der Waals surface area contributed by atoms with Crippen molar-refractivity contribution in [1.29, 1.82) is 0 Å². The SMILES string of the molecule is O=C1OC(c2ccccc2)=N/C1=C1/C=C(c2ccc3c(c2)OCCO3)Oc2ccccc21. The van der Waals surface area contributed by atoms with E-state index in [2.05, 4.69) is 4.99 Å². The highest BCUT2D eigenvalue weighted by Gasteiger charge is 2.30. The van der Waals surface area contributed by atoms with Crippen molar-refractivity contribution in [2.75, 3.05) is 13.2 Å². The number of cyclic esters (lactones) is 1. The number of benzene rings is 3. The van der Waals surface area contributed by atoms with Crippen LogP contribution in [0, 0.1) is 0 Å². The fourth-order valence-corrected chi connectivity index (χ4v) is 3.85. The number of allylic oxidation sites excluding steroid dienone is 2. The number of carbonyl (C=O) groups excluding carboxylic acids is 1. The lowest BCUT2D eigenvalue weighted by atomic mass is 9.97. The summed E-state index contributed by atoms with van der Waals surface area (Å²) in [5.41, 5.74) is 3.22. The number of para-hydroxylation sites is 1. The Balaban J connectivity index is 1.49. The predicted octanol–water partition coefficient (Wildman–Crippen LogP) is 4.61. The summed E-state index contributed by atoms with van der Waals surface area (Å²) in [5, 5.41) is 0. The molecule has 32 heavy (non-hydrogen) atoms. The first-order valence-electron chi connectivity index (χ1n) is 10.3. The Morgan fingerprint density at radius 2 is 1.50 bits per heavy atom. The van der Waals surface area contributed by atoms with Gasteiger partial charge in [0.1, 0.15) is 24.7 Å². The molecule has 6 nitrogen and oxygen atoms in total. The summed E-state index contributed by atoms with van der Waals surface area (Å²) in [6, 6.07) is 22.6. The lowest BCUT2D eigenvalue weighted by Gasteiger charge is -2.23. The van der Waals surface area contributed by atoms with Crippen molar-refractivity contribution >= 4 is 23.2 Å². The molecule has 0 fully saturated rings.